The van der Waals surface area contributed by atoms with Gasteiger partial charge in [-0.1, -0.05) is 34.1 Å². The van der Waals surface area contributed by atoms with Crippen LogP contribution >= 0.6 is 15.9 Å². The fourth-order valence-electron chi connectivity index (χ4n) is 3.97. The van der Waals surface area contributed by atoms with Crippen LogP contribution < -0.4 is 4.90 Å². The number of aromatic nitrogens is 4. The zero-order valence-electron chi connectivity index (χ0n) is 18.1. The van der Waals surface area contributed by atoms with Crippen LogP contribution in [0, 0.1) is 6.92 Å². The van der Waals surface area contributed by atoms with E-state index in [0.29, 0.717) is 24.6 Å². The maximum Gasteiger partial charge on any atom is 0.259 e. The monoisotopic (exact) mass is 489 g/mol. The van der Waals surface area contributed by atoms with Crippen molar-refractivity contribution in [3.8, 4) is 0 Å². The summed E-state index contributed by atoms with van der Waals surface area (Å²) in [6, 6.07) is 11.9. The van der Waals surface area contributed by atoms with Crippen molar-refractivity contribution >= 4 is 38.6 Å². The van der Waals surface area contributed by atoms with E-state index in [1.807, 2.05) is 54.9 Å². The molecular formula is C25H24BrN5O. The van der Waals surface area contributed by atoms with Crippen LogP contribution in [0.2, 0.25) is 0 Å². The number of nitrogens with zero attached hydrogens (tertiary/aromatic N) is 5. The summed E-state index contributed by atoms with van der Waals surface area (Å²) in [6.07, 6.45) is 7.55. The molecule has 0 aliphatic heterocycles. The third-order valence-electron chi connectivity index (χ3n) is 5.86. The lowest BCUT2D eigenvalue weighted by molar-refractivity contribution is 0.0986. The summed E-state index contributed by atoms with van der Waals surface area (Å²) >= 11 is 3.63. The number of carbonyl (C=O) groups excluding carboxylic acids is 1. The highest BCUT2D eigenvalue weighted by Gasteiger charge is 2.29. The van der Waals surface area contributed by atoms with Crippen LogP contribution in [-0.2, 0) is 13.1 Å². The normalized spacial score (nSPS) is 13.5. The zero-order valence-corrected chi connectivity index (χ0v) is 19.7. The molecule has 4 aromatic rings. The number of halogens is 1. The Labute approximate surface area is 195 Å². The topological polar surface area (TPSA) is 63.9 Å². The van der Waals surface area contributed by atoms with Gasteiger partial charge in [-0.3, -0.25) is 9.78 Å². The first-order valence-corrected chi connectivity index (χ1v) is 11.7. The number of anilines is 1. The molecule has 0 atom stereocenters. The van der Waals surface area contributed by atoms with Crippen molar-refractivity contribution in [2.45, 2.75) is 45.7 Å². The predicted molar refractivity (Wildman–Crippen MR) is 129 cm³/mol. The SMILES string of the molecule is CCn1ncc2c(C(=O)N(Cc3ccccc3Br)c3cncc(C)c3)cc(C3CC3)nc21. The highest BCUT2D eigenvalue weighted by atomic mass is 79.9. The molecule has 0 unspecified atom stereocenters. The summed E-state index contributed by atoms with van der Waals surface area (Å²) in [6.45, 7) is 5.16. The highest BCUT2D eigenvalue weighted by molar-refractivity contribution is 9.10. The molecule has 3 aromatic heterocycles. The van der Waals surface area contributed by atoms with Gasteiger partial charge in [0.1, 0.15) is 0 Å². The second-order valence-corrected chi connectivity index (χ2v) is 9.12. The lowest BCUT2D eigenvalue weighted by Gasteiger charge is -2.24. The van der Waals surface area contributed by atoms with E-state index in [1.165, 1.54) is 0 Å². The van der Waals surface area contributed by atoms with Crippen molar-refractivity contribution in [3.63, 3.8) is 0 Å². The fourth-order valence-corrected chi connectivity index (χ4v) is 4.38. The van der Waals surface area contributed by atoms with E-state index < -0.39 is 0 Å². The van der Waals surface area contributed by atoms with E-state index in [-0.39, 0.29) is 5.91 Å². The third-order valence-corrected chi connectivity index (χ3v) is 6.63. The van der Waals surface area contributed by atoms with Crippen LogP contribution in [0.5, 0.6) is 0 Å². The lowest BCUT2D eigenvalue weighted by atomic mass is 10.1. The average Bonchev–Trinajstić information content (AvgIpc) is 3.57. The first-order valence-electron chi connectivity index (χ1n) is 10.9. The molecule has 1 aliphatic rings. The van der Waals surface area contributed by atoms with E-state index in [9.17, 15) is 4.79 Å². The number of rotatable bonds is 6. The zero-order chi connectivity index (χ0) is 22.2. The second-order valence-electron chi connectivity index (χ2n) is 8.27. The van der Waals surface area contributed by atoms with Crippen molar-refractivity contribution in [1.82, 2.24) is 19.7 Å². The second kappa shape index (κ2) is 8.47. The molecule has 0 radical (unpaired) electrons. The molecular weight excluding hydrogens is 466 g/mol. The average molecular weight is 490 g/mol. The Hall–Kier alpha value is -3.06. The molecule has 3 heterocycles. The molecule has 6 nitrogen and oxygen atoms in total. The summed E-state index contributed by atoms with van der Waals surface area (Å²) in [7, 11) is 0. The smallest absolute Gasteiger partial charge is 0.259 e. The van der Waals surface area contributed by atoms with E-state index in [1.54, 1.807) is 23.5 Å². The van der Waals surface area contributed by atoms with Crippen LogP contribution in [0.4, 0.5) is 5.69 Å². The number of pyridine rings is 2. The van der Waals surface area contributed by atoms with Gasteiger partial charge in [-0.25, -0.2) is 9.67 Å². The number of fused-ring (bicyclic) bond motifs is 1. The fraction of sp³-hybridized carbons (Fsp3) is 0.280. The Morgan fingerprint density at radius 3 is 2.72 bits per heavy atom. The summed E-state index contributed by atoms with van der Waals surface area (Å²) in [5.74, 6) is 0.363. The van der Waals surface area contributed by atoms with Gasteiger partial charge in [0.25, 0.3) is 5.91 Å². The molecule has 0 bridgehead atoms. The molecule has 0 saturated heterocycles. The molecule has 0 N–H and O–H groups in total. The van der Waals surface area contributed by atoms with Crippen molar-refractivity contribution in [1.29, 1.82) is 0 Å². The van der Waals surface area contributed by atoms with Crippen molar-refractivity contribution in [2.75, 3.05) is 4.90 Å². The van der Waals surface area contributed by atoms with Gasteiger partial charge in [0.15, 0.2) is 5.65 Å². The van der Waals surface area contributed by atoms with Crippen molar-refractivity contribution in [2.24, 2.45) is 0 Å². The van der Waals surface area contributed by atoms with Gasteiger partial charge in [0.2, 0.25) is 0 Å². The lowest BCUT2D eigenvalue weighted by Crippen LogP contribution is -2.31. The minimum atomic E-state index is -0.0712. The van der Waals surface area contributed by atoms with Crippen LogP contribution in [0.25, 0.3) is 11.0 Å². The van der Waals surface area contributed by atoms with Gasteiger partial charge in [-0.05, 0) is 56.0 Å². The molecule has 0 spiro atoms. The van der Waals surface area contributed by atoms with Crippen LogP contribution in [0.15, 0.2) is 59.5 Å². The quantitative estimate of drug-likeness (QED) is 0.351. The Balaban J connectivity index is 1.65. The minimum Gasteiger partial charge on any atom is -0.302 e. The van der Waals surface area contributed by atoms with E-state index in [0.717, 1.165) is 50.9 Å². The summed E-state index contributed by atoms with van der Waals surface area (Å²) in [5.41, 5.74) is 5.21. The Morgan fingerprint density at radius 2 is 2.00 bits per heavy atom. The maximum absolute atomic E-state index is 14.1. The van der Waals surface area contributed by atoms with Crippen LogP contribution in [0.1, 0.15) is 52.9 Å². The Bertz CT molecular complexity index is 1310. The summed E-state index contributed by atoms with van der Waals surface area (Å²) in [4.78, 5) is 25.1. The largest absolute Gasteiger partial charge is 0.302 e. The number of benzene rings is 1. The molecule has 162 valence electrons. The summed E-state index contributed by atoms with van der Waals surface area (Å²) < 4.78 is 2.83. The standard InChI is InChI=1S/C25H24BrN5O/c1-3-31-24-21(14-28-31)20(11-23(29-24)17-8-9-17)25(32)30(19-10-16(2)12-27-13-19)15-18-6-4-5-7-22(18)26/h4-7,10-14,17H,3,8-9,15H2,1-2H3. The molecule has 1 fully saturated rings. The Kier molecular flexibility index (Phi) is 5.51. The van der Waals surface area contributed by atoms with Crippen LogP contribution in [-0.4, -0.2) is 25.7 Å². The molecule has 1 amide bonds. The third kappa shape index (κ3) is 3.93. The van der Waals surface area contributed by atoms with Crippen molar-refractivity contribution in [3.05, 3.63) is 81.8 Å². The number of aryl methyl sites for hydroxylation is 2. The van der Waals surface area contributed by atoms with Crippen molar-refractivity contribution < 1.29 is 4.79 Å². The van der Waals surface area contributed by atoms with E-state index >= 15 is 0 Å². The number of amides is 1. The molecule has 5 rings (SSSR count). The Morgan fingerprint density at radius 1 is 1.19 bits per heavy atom. The summed E-state index contributed by atoms with van der Waals surface area (Å²) in [5, 5.41) is 5.28. The molecule has 1 saturated carbocycles. The van der Waals surface area contributed by atoms with E-state index in [2.05, 4.69) is 26.0 Å². The first kappa shape index (κ1) is 20.8. The molecule has 7 heteroatoms. The van der Waals surface area contributed by atoms with Gasteiger partial charge in [-0.2, -0.15) is 5.10 Å². The number of carbonyl (C=O) groups is 1. The number of hydrogen-bond acceptors (Lipinski definition) is 4. The molecule has 32 heavy (non-hydrogen) atoms. The van der Waals surface area contributed by atoms with Gasteiger partial charge in [-0.15, -0.1) is 0 Å². The van der Waals surface area contributed by atoms with Gasteiger partial charge < -0.3 is 4.90 Å². The maximum atomic E-state index is 14.1. The van der Waals surface area contributed by atoms with Crippen LogP contribution in [0.3, 0.4) is 0 Å². The molecule has 1 aliphatic carbocycles. The van der Waals surface area contributed by atoms with Gasteiger partial charge in [0.05, 0.1) is 35.6 Å². The highest BCUT2D eigenvalue weighted by Crippen LogP contribution is 2.40. The minimum absolute atomic E-state index is 0.0712. The van der Waals surface area contributed by atoms with Gasteiger partial charge in [0, 0.05) is 28.8 Å². The predicted octanol–water partition coefficient (Wildman–Crippen LogP) is 5.64. The first-order chi connectivity index (χ1) is 15.5. The van der Waals surface area contributed by atoms with E-state index in [4.69, 9.17) is 4.98 Å². The van der Waals surface area contributed by atoms with Gasteiger partial charge >= 0.3 is 0 Å². The number of hydrogen-bond donors (Lipinski definition) is 0. The molecule has 1 aromatic carbocycles.